The summed E-state index contributed by atoms with van der Waals surface area (Å²) < 4.78 is 5.32. The highest BCUT2D eigenvalue weighted by Gasteiger charge is 2.09. The number of hydrogen-bond donors (Lipinski definition) is 2. The summed E-state index contributed by atoms with van der Waals surface area (Å²) in [5.41, 5.74) is 1.99. The van der Waals surface area contributed by atoms with Crippen LogP contribution < -0.4 is 10.6 Å². The molecule has 0 heterocycles. The average Bonchev–Trinajstić information content (AvgIpc) is 2.67. The molecule has 0 aliphatic heterocycles. The summed E-state index contributed by atoms with van der Waals surface area (Å²) in [6.07, 6.45) is 0. The van der Waals surface area contributed by atoms with Gasteiger partial charge in [-0.25, -0.2) is 4.79 Å². The maximum absolute atomic E-state index is 12.1. The SMILES string of the molecule is CCN(CC)CCOC(=O)c1ccc(NC(=S)Nc2ccccc2Cl)cc1. The second kappa shape index (κ2) is 10.9. The van der Waals surface area contributed by atoms with Gasteiger partial charge in [-0.3, -0.25) is 0 Å². The molecule has 0 aromatic heterocycles. The minimum absolute atomic E-state index is 0.328. The Hall–Kier alpha value is -2.15. The van der Waals surface area contributed by atoms with Gasteiger partial charge < -0.3 is 20.3 Å². The normalized spacial score (nSPS) is 10.5. The molecular weight excluding hydrogens is 382 g/mol. The van der Waals surface area contributed by atoms with Crippen molar-refractivity contribution in [2.24, 2.45) is 0 Å². The minimum atomic E-state index is -0.328. The number of carbonyl (C=O) groups excluding carboxylic acids is 1. The van der Waals surface area contributed by atoms with Gasteiger partial charge in [-0.05, 0) is 61.7 Å². The largest absolute Gasteiger partial charge is 0.461 e. The molecule has 2 rings (SSSR count). The lowest BCUT2D eigenvalue weighted by atomic mass is 10.2. The molecule has 0 aliphatic rings. The van der Waals surface area contributed by atoms with E-state index >= 15 is 0 Å². The molecule has 2 aromatic rings. The Kier molecular flexibility index (Phi) is 8.51. The first-order valence-electron chi connectivity index (χ1n) is 8.85. The van der Waals surface area contributed by atoms with E-state index in [0.717, 1.165) is 31.0 Å². The predicted molar refractivity (Wildman–Crippen MR) is 116 cm³/mol. The van der Waals surface area contributed by atoms with Crippen LogP contribution in [0.5, 0.6) is 0 Å². The third-order valence-electron chi connectivity index (χ3n) is 4.04. The molecule has 0 atom stereocenters. The van der Waals surface area contributed by atoms with E-state index in [0.29, 0.717) is 22.3 Å². The standard InChI is InChI=1S/C20H24ClN3O2S/c1-3-24(4-2)13-14-26-19(25)15-9-11-16(12-10-15)22-20(27)23-18-8-6-5-7-17(18)21/h5-12H,3-4,13-14H2,1-2H3,(H2,22,23,27). The lowest BCUT2D eigenvalue weighted by Crippen LogP contribution is -2.27. The smallest absolute Gasteiger partial charge is 0.338 e. The van der Waals surface area contributed by atoms with Gasteiger partial charge in [-0.1, -0.05) is 37.6 Å². The molecule has 2 N–H and O–H groups in total. The fraction of sp³-hybridized carbons (Fsp3) is 0.300. The third kappa shape index (κ3) is 6.82. The average molecular weight is 406 g/mol. The number of thiocarbonyl (C=S) groups is 1. The molecule has 0 unspecified atom stereocenters. The summed E-state index contributed by atoms with van der Waals surface area (Å²) in [4.78, 5) is 14.3. The van der Waals surface area contributed by atoms with Crippen LogP contribution in [0, 0.1) is 0 Å². The van der Waals surface area contributed by atoms with Gasteiger partial charge in [0.15, 0.2) is 5.11 Å². The van der Waals surface area contributed by atoms with E-state index in [2.05, 4.69) is 29.4 Å². The number of hydrogen-bond acceptors (Lipinski definition) is 4. The van der Waals surface area contributed by atoms with Crippen molar-refractivity contribution in [3.05, 3.63) is 59.1 Å². The summed E-state index contributed by atoms with van der Waals surface area (Å²) >= 11 is 11.4. The summed E-state index contributed by atoms with van der Waals surface area (Å²) in [7, 11) is 0. The first kappa shape index (κ1) is 21.2. The van der Waals surface area contributed by atoms with Crippen LogP contribution in [0.15, 0.2) is 48.5 Å². The number of carbonyl (C=O) groups is 1. The van der Waals surface area contributed by atoms with Crippen LogP contribution in [0.3, 0.4) is 0 Å². The van der Waals surface area contributed by atoms with E-state index in [-0.39, 0.29) is 5.97 Å². The zero-order chi connectivity index (χ0) is 19.6. The summed E-state index contributed by atoms with van der Waals surface area (Å²) in [6, 6.07) is 14.3. The molecule has 0 aliphatic carbocycles. The second-order valence-corrected chi connectivity index (χ2v) is 6.61. The quantitative estimate of drug-likeness (QED) is 0.492. The molecule has 5 nitrogen and oxygen atoms in total. The molecule has 7 heteroatoms. The number of para-hydroxylation sites is 1. The van der Waals surface area contributed by atoms with Gasteiger partial charge in [0, 0.05) is 12.2 Å². The Balaban J connectivity index is 1.84. The molecule has 0 saturated carbocycles. The van der Waals surface area contributed by atoms with Crippen molar-refractivity contribution in [3.63, 3.8) is 0 Å². The molecular formula is C20H24ClN3O2S. The van der Waals surface area contributed by atoms with Crippen LogP contribution in [0.25, 0.3) is 0 Å². The van der Waals surface area contributed by atoms with E-state index in [4.69, 9.17) is 28.6 Å². The highest BCUT2D eigenvalue weighted by Crippen LogP contribution is 2.20. The molecule has 0 radical (unpaired) electrons. The lowest BCUT2D eigenvalue weighted by Gasteiger charge is -2.17. The van der Waals surface area contributed by atoms with E-state index < -0.39 is 0 Å². The van der Waals surface area contributed by atoms with Gasteiger partial charge in [-0.15, -0.1) is 0 Å². The van der Waals surface area contributed by atoms with E-state index in [1.165, 1.54) is 0 Å². The minimum Gasteiger partial charge on any atom is -0.461 e. The molecule has 2 aromatic carbocycles. The highest BCUT2D eigenvalue weighted by atomic mass is 35.5. The zero-order valence-electron chi connectivity index (χ0n) is 15.5. The Morgan fingerprint density at radius 1 is 1.07 bits per heavy atom. The number of nitrogens with zero attached hydrogens (tertiary/aromatic N) is 1. The molecule has 0 fully saturated rings. The molecule has 144 valence electrons. The van der Waals surface area contributed by atoms with Gasteiger partial charge in [0.25, 0.3) is 0 Å². The first-order chi connectivity index (χ1) is 13.0. The third-order valence-corrected chi connectivity index (χ3v) is 4.57. The maximum atomic E-state index is 12.1. The van der Waals surface area contributed by atoms with Crippen LogP contribution in [-0.2, 0) is 4.74 Å². The van der Waals surface area contributed by atoms with Crippen LogP contribution in [0.4, 0.5) is 11.4 Å². The Bertz CT molecular complexity index is 764. The number of benzene rings is 2. The number of likely N-dealkylation sites (N-methyl/N-ethyl adjacent to an activating group) is 1. The van der Waals surface area contributed by atoms with Crippen LogP contribution >= 0.6 is 23.8 Å². The molecule has 0 amide bonds. The predicted octanol–water partition coefficient (Wildman–Crippen LogP) is 4.65. The number of ether oxygens (including phenoxy) is 1. The number of anilines is 2. The monoisotopic (exact) mass is 405 g/mol. The van der Waals surface area contributed by atoms with Gasteiger partial charge in [0.05, 0.1) is 16.3 Å². The molecule has 0 saturated heterocycles. The Labute approximate surface area is 170 Å². The number of esters is 1. The zero-order valence-corrected chi connectivity index (χ0v) is 17.1. The number of rotatable bonds is 8. The molecule has 0 spiro atoms. The first-order valence-corrected chi connectivity index (χ1v) is 9.64. The second-order valence-electron chi connectivity index (χ2n) is 5.80. The van der Waals surface area contributed by atoms with Crippen molar-refractivity contribution < 1.29 is 9.53 Å². The van der Waals surface area contributed by atoms with Crippen molar-refractivity contribution in [3.8, 4) is 0 Å². The number of halogens is 1. The van der Waals surface area contributed by atoms with E-state index in [1.807, 2.05) is 18.2 Å². The van der Waals surface area contributed by atoms with Crippen LogP contribution in [0.1, 0.15) is 24.2 Å². The summed E-state index contributed by atoms with van der Waals surface area (Å²) in [6.45, 7) is 7.17. The van der Waals surface area contributed by atoms with E-state index in [9.17, 15) is 4.79 Å². The van der Waals surface area contributed by atoms with Crippen molar-refractivity contribution >= 4 is 46.3 Å². The topological polar surface area (TPSA) is 53.6 Å². The summed E-state index contributed by atoms with van der Waals surface area (Å²) in [5.74, 6) is -0.328. The van der Waals surface area contributed by atoms with E-state index in [1.54, 1.807) is 30.3 Å². The summed E-state index contributed by atoms with van der Waals surface area (Å²) in [5, 5.41) is 7.10. The highest BCUT2D eigenvalue weighted by molar-refractivity contribution is 7.80. The van der Waals surface area contributed by atoms with Gasteiger partial charge in [0.1, 0.15) is 6.61 Å². The van der Waals surface area contributed by atoms with Gasteiger partial charge in [0.2, 0.25) is 0 Å². The van der Waals surface area contributed by atoms with Gasteiger partial charge >= 0.3 is 5.97 Å². The van der Waals surface area contributed by atoms with Crippen LogP contribution in [-0.4, -0.2) is 42.2 Å². The van der Waals surface area contributed by atoms with Crippen LogP contribution in [0.2, 0.25) is 5.02 Å². The van der Waals surface area contributed by atoms with Crippen molar-refractivity contribution in [1.82, 2.24) is 4.90 Å². The van der Waals surface area contributed by atoms with Crippen molar-refractivity contribution in [2.45, 2.75) is 13.8 Å². The molecule has 0 bridgehead atoms. The fourth-order valence-corrected chi connectivity index (χ4v) is 2.84. The number of nitrogens with one attached hydrogen (secondary N) is 2. The van der Waals surface area contributed by atoms with Crippen molar-refractivity contribution in [2.75, 3.05) is 36.9 Å². The maximum Gasteiger partial charge on any atom is 0.338 e. The van der Waals surface area contributed by atoms with Crippen molar-refractivity contribution in [1.29, 1.82) is 0 Å². The Morgan fingerprint density at radius 3 is 2.37 bits per heavy atom. The lowest BCUT2D eigenvalue weighted by molar-refractivity contribution is 0.0466. The molecule has 27 heavy (non-hydrogen) atoms. The Morgan fingerprint density at radius 2 is 1.74 bits per heavy atom. The fourth-order valence-electron chi connectivity index (χ4n) is 2.43. The van der Waals surface area contributed by atoms with Gasteiger partial charge in [-0.2, -0.15) is 0 Å².